The van der Waals surface area contributed by atoms with Gasteiger partial charge in [0.25, 0.3) is 5.91 Å². The Bertz CT molecular complexity index is 750. The Morgan fingerprint density at radius 2 is 1.79 bits per heavy atom. The van der Waals surface area contributed by atoms with Gasteiger partial charge < -0.3 is 15.0 Å². The van der Waals surface area contributed by atoms with Crippen LogP contribution in [0.15, 0.2) is 59.1 Å². The van der Waals surface area contributed by atoms with Crippen molar-refractivity contribution in [2.75, 3.05) is 13.2 Å². The van der Waals surface area contributed by atoms with Crippen molar-refractivity contribution in [3.8, 4) is 5.75 Å². The number of hydrogen-bond donors (Lipinski definition) is 1. The molecule has 28 heavy (non-hydrogen) atoms. The molecule has 0 bridgehead atoms. The molecule has 0 radical (unpaired) electrons. The lowest BCUT2D eigenvalue weighted by Gasteiger charge is -2.28. The maximum atomic E-state index is 12.9. The molecule has 2 rings (SSSR count). The molecule has 1 N–H and O–H groups in total. The number of hydrogen-bond acceptors (Lipinski definition) is 3. The third kappa shape index (κ3) is 7.00. The molecule has 0 aliphatic rings. The minimum Gasteiger partial charge on any atom is -0.484 e. The Balaban J connectivity index is 2.06. The van der Waals surface area contributed by atoms with Gasteiger partial charge in [-0.25, -0.2) is 0 Å². The fourth-order valence-corrected chi connectivity index (χ4v) is 2.92. The Hall–Kier alpha value is -2.34. The molecule has 2 aromatic carbocycles. The molecule has 0 saturated carbocycles. The second-order valence-corrected chi connectivity index (χ2v) is 7.49. The fourth-order valence-electron chi connectivity index (χ4n) is 2.66. The summed E-state index contributed by atoms with van der Waals surface area (Å²) in [7, 11) is 0. The summed E-state index contributed by atoms with van der Waals surface area (Å²) in [5.41, 5.74) is 0.965. The van der Waals surface area contributed by atoms with E-state index in [1.54, 1.807) is 24.0 Å². The minimum atomic E-state index is -0.585. The predicted octanol–water partition coefficient (Wildman–Crippen LogP) is 4.16. The number of ether oxygens (including phenoxy) is 1. The standard InChI is InChI=1S/C22H27BrN2O3/c1-3-4-14-24-22(27)17(2)25(15-18-8-6-5-7-9-18)21(26)16-28-20-12-10-19(23)11-13-20/h5-13,17H,3-4,14-16H2,1-2H3,(H,24,27)/t17-/m1/s1. The molecule has 0 heterocycles. The molecule has 6 heteroatoms. The van der Waals surface area contributed by atoms with Crippen molar-refractivity contribution in [2.24, 2.45) is 0 Å². The zero-order chi connectivity index (χ0) is 20.4. The van der Waals surface area contributed by atoms with Crippen LogP contribution in [-0.4, -0.2) is 35.9 Å². The summed E-state index contributed by atoms with van der Waals surface area (Å²) in [5, 5.41) is 2.91. The molecule has 0 spiro atoms. The molecule has 0 saturated heterocycles. The highest BCUT2D eigenvalue weighted by atomic mass is 79.9. The van der Waals surface area contributed by atoms with E-state index in [1.807, 2.05) is 42.5 Å². The van der Waals surface area contributed by atoms with Crippen LogP contribution in [0.4, 0.5) is 0 Å². The normalized spacial score (nSPS) is 11.5. The molecule has 0 aliphatic heterocycles. The van der Waals surface area contributed by atoms with Crippen LogP contribution in [0.1, 0.15) is 32.3 Å². The van der Waals surface area contributed by atoms with Gasteiger partial charge in [0.15, 0.2) is 6.61 Å². The molecule has 2 aromatic rings. The van der Waals surface area contributed by atoms with E-state index in [-0.39, 0.29) is 18.4 Å². The molecule has 0 aromatic heterocycles. The van der Waals surface area contributed by atoms with Crippen LogP contribution in [-0.2, 0) is 16.1 Å². The van der Waals surface area contributed by atoms with Crippen molar-refractivity contribution >= 4 is 27.7 Å². The van der Waals surface area contributed by atoms with Gasteiger partial charge in [0.05, 0.1) is 0 Å². The first-order valence-electron chi connectivity index (χ1n) is 9.50. The van der Waals surface area contributed by atoms with Crippen molar-refractivity contribution in [1.82, 2.24) is 10.2 Å². The summed E-state index contributed by atoms with van der Waals surface area (Å²) in [6, 6.07) is 16.3. The summed E-state index contributed by atoms with van der Waals surface area (Å²) in [5.74, 6) is 0.225. The highest BCUT2D eigenvalue weighted by Gasteiger charge is 2.26. The number of nitrogens with one attached hydrogen (secondary N) is 1. The first kappa shape index (κ1) is 22.0. The Morgan fingerprint density at radius 1 is 1.11 bits per heavy atom. The zero-order valence-corrected chi connectivity index (χ0v) is 17.9. The molecular formula is C22H27BrN2O3. The summed E-state index contributed by atoms with van der Waals surface area (Å²) in [4.78, 5) is 27.0. The Labute approximate surface area is 175 Å². The van der Waals surface area contributed by atoms with Gasteiger partial charge in [-0.2, -0.15) is 0 Å². The summed E-state index contributed by atoms with van der Waals surface area (Å²) in [6.07, 6.45) is 1.92. The van der Waals surface area contributed by atoms with Gasteiger partial charge in [0.2, 0.25) is 5.91 Å². The zero-order valence-electron chi connectivity index (χ0n) is 16.4. The van der Waals surface area contributed by atoms with Gasteiger partial charge in [-0.15, -0.1) is 0 Å². The average Bonchev–Trinajstić information content (AvgIpc) is 2.71. The molecule has 150 valence electrons. The molecular weight excluding hydrogens is 420 g/mol. The summed E-state index contributed by atoms with van der Waals surface area (Å²) in [6.45, 7) is 4.66. The lowest BCUT2D eigenvalue weighted by Crippen LogP contribution is -2.49. The van der Waals surface area contributed by atoms with Crippen LogP contribution in [0.2, 0.25) is 0 Å². The van der Waals surface area contributed by atoms with Crippen LogP contribution in [0, 0.1) is 0 Å². The highest BCUT2D eigenvalue weighted by Crippen LogP contribution is 2.17. The lowest BCUT2D eigenvalue weighted by molar-refractivity contribution is -0.142. The number of nitrogens with zero attached hydrogens (tertiary/aromatic N) is 1. The molecule has 2 amide bonds. The number of carbonyl (C=O) groups excluding carboxylic acids is 2. The van der Waals surface area contributed by atoms with E-state index < -0.39 is 6.04 Å². The van der Waals surface area contributed by atoms with Gasteiger partial charge in [-0.3, -0.25) is 9.59 Å². The summed E-state index contributed by atoms with van der Waals surface area (Å²) < 4.78 is 6.57. The molecule has 0 fully saturated rings. The van der Waals surface area contributed by atoms with Crippen LogP contribution in [0.3, 0.4) is 0 Å². The second-order valence-electron chi connectivity index (χ2n) is 6.57. The number of rotatable bonds is 10. The minimum absolute atomic E-state index is 0.124. The van der Waals surface area contributed by atoms with E-state index in [1.165, 1.54) is 0 Å². The smallest absolute Gasteiger partial charge is 0.261 e. The molecule has 0 aliphatic carbocycles. The average molecular weight is 447 g/mol. The molecule has 5 nitrogen and oxygen atoms in total. The Kier molecular flexibility index (Phi) is 9.01. The van der Waals surface area contributed by atoms with Crippen molar-refractivity contribution in [1.29, 1.82) is 0 Å². The maximum Gasteiger partial charge on any atom is 0.261 e. The number of benzene rings is 2. The van der Waals surface area contributed by atoms with E-state index >= 15 is 0 Å². The van der Waals surface area contributed by atoms with E-state index in [0.717, 1.165) is 22.9 Å². The van der Waals surface area contributed by atoms with Gasteiger partial charge in [-0.05, 0) is 43.2 Å². The lowest BCUT2D eigenvalue weighted by atomic mass is 10.1. The van der Waals surface area contributed by atoms with E-state index in [9.17, 15) is 9.59 Å². The molecule has 0 unspecified atom stereocenters. The topological polar surface area (TPSA) is 58.6 Å². The SMILES string of the molecule is CCCCNC(=O)[C@@H](C)N(Cc1ccccc1)C(=O)COc1ccc(Br)cc1. The van der Waals surface area contributed by atoms with Crippen LogP contribution < -0.4 is 10.1 Å². The maximum absolute atomic E-state index is 12.9. The van der Waals surface area contributed by atoms with E-state index in [4.69, 9.17) is 4.74 Å². The largest absolute Gasteiger partial charge is 0.484 e. The highest BCUT2D eigenvalue weighted by molar-refractivity contribution is 9.10. The monoisotopic (exact) mass is 446 g/mol. The van der Waals surface area contributed by atoms with Gasteiger partial charge in [0.1, 0.15) is 11.8 Å². The predicted molar refractivity (Wildman–Crippen MR) is 114 cm³/mol. The third-order valence-corrected chi connectivity index (χ3v) is 4.90. The van der Waals surface area contributed by atoms with Crippen molar-refractivity contribution in [3.63, 3.8) is 0 Å². The van der Waals surface area contributed by atoms with E-state index in [0.29, 0.717) is 18.8 Å². The number of unbranched alkanes of at least 4 members (excludes halogenated alkanes) is 1. The van der Waals surface area contributed by atoms with Gasteiger partial charge in [-0.1, -0.05) is 59.6 Å². The van der Waals surface area contributed by atoms with E-state index in [2.05, 4.69) is 28.2 Å². The fraction of sp³-hybridized carbons (Fsp3) is 0.364. The van der Waals surface area contributed by atoms with Gasteiger partial charge >= 0.3 is 0 Å². The first-order chi connectivity index (χ1) is 13.5. The van der Waals surface area contributed by atoms with Crippen molar-refractivity contribution in [2.45, 2.75) is 39.3 Å². The van der Waals surface area contributed by atoms with Crippen molar-refractivity contribution < 1.29 is 14.3 Å². The van der Waals surface area contributed by atoms with Gasteiger partial charge in [0, 0.05) is 17.6 Å². The first-order valence-corrected chi connectivity index (χ1v) is 10.3. The van der Waals surface area contributed by atoms with Crippen LogP contribution in [0.25, 0.3) is 0 Å². The number of amides is 2. The number of halogens is 1. The third-order valence-electron chi connectivity index (χ3n) is 4.37. The second kappa shape index (κ2) is 11.5. The van der Waals surface area contributed by atoms with Crippen LogP contribution >= 0.6 is 15.9 Å². The molecule has 1 atom stereocenters. The quantitative estimate of drug-likeness (QED) is 0.557. The Morgan fingerprint density at radius 3 is 2.43 bits per heavy atom. The van der Waals surface area contributed by atoms with Crippen molar-refractivity contribution in [3.05, 3.63) is 64.6 Å². The van der Waals surface area contributed by atoms with Crippen LogP contribution in [0.5, 0.6) is 5.75 Å². The number of carbonyl (C=O) groups is 2. The summed E-state index contributed by atoms with van der Waals surface area (Å²) >= 11 is 3.37.